The van der Waals surface area contributed by atoms with Gasteiger partial charge in [0.2, 0.25) is 0 Å². The molecule has 1 unspecified atom stereocenters. The van der Waals surface area contributed by atoms with E-state index in [0.29, 0.717) is 6.04 Å². The molecule has 0 fully saturated rings. The van der Waals surface area contributed by atoms with Gasteiger partial charge in [0.15, 0.2) is 0 Å². The summed E-state index contributed by atoms with van der Waals surface area (Å²) in [6, 6.07) is 17.8. The number of benzene rings is 2. The third-order valence-corrected chi connectivity index (χ3v) is 5.91. The monoisotopic (exact) mass is 349 g/mol. The van der Waals surface area contributed by atoms with Crippen molar-refractivity contribution < 1.29 is 4.74 Å². The lowest BCUT2D eigenvalue weighted by molar-refractivity contribution is 0.209. The van der Waals surface area contributed by atoms with Crippen molar-refractivity contribution in [2.45, 2.75) is 46.1 Å². The lowest BCUT2D eigenvalue weighted by Crippen LogP contribution is -2.43. The van der Waals surface area contributed by atoms with Gasteiger partial charge < -0.3 is 4.74 Å². The second kappa shape index (κ2) is 8.55. The van der Waals surface area contributed by atoms with Crippen LogP contribution < -0.4 is 4.74 Å². The molecule has 1 aliphatic heterocycles. The SMILES string of the molecule is COc1ccc(CC2C(C)=C(C)CCN2CCc2ccccc2C)cc1. The van der Waals surface area contributed by atoms with Crippen molar-refractivity contribution in [1.82, 2.24) is 4.90 Å². The van der Waals surface area contributed by atoms with Gasteiger partial charge in [0.1, 0.15) is 5.75 Å². The van der Waals surface area contributed by atoms with Crippen molar-refractivity contribution in [3.8, 4) is 5.75 Å². The molecule has 138 valence electrons. The van der Waals surface area contributed by atoms with Crippen molar-refractivity contribution in [3.05, 3.63) is 76.4 Å². The molecule has 0 saturated heterocycles. The number of nitrogens with zero attached hydrogens (tertiary/aromatic N) is 1. The highest BCUT2D eigenvalue weighted by Gasteiger charge is 2.25. The standard InChI is InChI=1S/C24H31NO/c1-18-13-15-25(16-14-22-8-6-5-7-19(22)2)24(20(18)3)17-21-9-11-23(26-4)12-10-21/h5-12,24H,13-17H2,1-4H3. The van der Waals surface area contributed by atoms with Crippen LogP contribution in [0.25, 0.3) is 0 Å². The Morgan fingerprint density at radius 1 is 1.00 bits per heavy atom. The van der Waals surface area contributed by atoms with Crippen molar-refractivity contribution in [1.29, 1.82) is 0 Å². The largest absolute Gasteiger partial charge is 0.497 e. The summed E-state index contributed by atoms with van der Waals surface area (Å²) in [6.45, 7) is 9.13. The third kappa shape index (κ3) is 4.37. The van der Waals surface area contributed by atoms with Crippen LogP contribution in [0.2, 0.25) is 0 Å². The van der Waals surface area contributed by atoms with Gasteiger partial charge in [-0.15, -0.1) is 0 Å². The molecule has 0 aromatic heterocycles. The minimum atomic E-state index is 0.501. The Morgan fingerprint density at radius 3 is 2.42 bits per heavy atom. The predicted octanol–water partition coefficient (Wildman–Crippen LogP) is 5.20. The molecule has 2 aromatic rings. The van der Waals surface area contributed by atoms with Crippen molar-refractivity contribution in [2.75, 3.05) is 20.2 Å². The topological polar surface area (TPSA) is 12.5 Å². The molecule has 0 amide bonds. The van der Waals surface area contributed by atoms with E-state index < -0.39 is 0 Å². The van der Waals surface area contributed by atoms with Crippen LogP contribution in [-0.4, -0.2) is 31.1 Å². The van der Waals surface area contributed by atoms with Crippen LogP contribution in [0.1, 0.15) is 37.0 Å². The van der Waals surface area contributed by atoms with Gasteiger partial charge in [-0.1, -0.05) is 47.5 Å². The molecule has 1 aliphatic rings. The number of ether oxygens (including phenoxy) is 1. The summed E-state index contributed by atoms with van der Waals surface area (Å²) in [4.78, 5) is 2.68. The van der Waals surface area contributed by atoms with Gasteiger partial charge in [-0.2, -0.15) is 0 Å². The molecule has 0 aliphatic carbocycles. The number of hydrogen-bond acceptors (Lipinski definition) is 2. The van der Waals surface area contributed by atoms with Crippen LogP contribution in [0, 0.1) is 6.92 Å². The van der Waals surface area contributed by atoms with Gasteiger partial charge >= 0.3 is 0 Å². The first-order valence-corrected chi connectivity index (χ1v) is 9.66. The minimum Gasteiger partial charge on any atom is -0.497 e. The van der Waals surface area contributed by atoms with Gasteiger partial charge in [0.25, 0.3) is 0 Å². The highest BCUT2D eigenvalue weighted by Crippen LogP contribution is 2.27. The van der Waals surface area contributed by atoms with Gasteiger partial charge in [-0.05, 0) is 68.9 Å². The maximum absolute atomic E-state index is 5.30. The molecule has 2 heteroatoms. The molecule has 2 nitrogen and oxygen atoms in total. The maximum atomic E-state index is 5.30. The number of methoxy groups -OCH3 is 1. The molecular weight excluding hydrogens is 318 g/mol. The fraction of sp³-hybridized carbons (Fsp3) is 0.417. The van der Waals surface area contributed by atoms with Crippen molar-refractivity contribution >= 4 is 0 Å². The van der Waals surface area contributed by atoms with Crippen LogP contribution in [0.4, 0.5) is 0 Å². The summed E-state index contributed by atoms with van der Waals surface area (Å²) >= 11 is 0. The van der Waals surface area contributed by atoms with E-state index >= 15 is 0 Å². The highest BCUT2D eigenvalue weighted by atomic mass is 16.5. The van der Waals surface area contributed by atoms with E-state index in [2.05, 4.69) is 74.2 Å². The van der Waals surface area contributed by atoms with Crippen molar-refractivity contribution in [3.63, 3.8) is 0 Å². The second-order valence-corrected chi connectivity index (χ2v) is 7.49. The maximum Gasteiger partial charge on any atom is 0.118 e. The number of rotatable bonds is 6. The van der Waals surface area contributed by atoms with E-state index in [0.717, 1.165) is 31.7 Å². The molecule has 0 bridgehead atoms. The molecule has 1 heterocycles. The first-order chi connectivity index (χ1) is 12.6. The molecule has 1 atom stereocenters. The zero-order valence-corrected chi connectivity index (χ0v) is 16.6. The van der Waals surface area contributed by atoms with E-state index in [9.17, 15) is 0 Å². The first-order valence-electron chi connectivity index (χ1n) is 9.66. The lowest BCUT2D eigenvalue weighted by atomic mass is 9.90. The summed E-state index contributed by atoms with van der Waals surface area (Å²) < 4.78 is 5.30. The average molecular weight is 350 g/mol. The summed E-state index contributed by atoms with van der Waals surface area (Å²) in [7, 11) is 1.72. The molecule has 0 saturated carbocycles. The Bertz CT molecular complexity index is 760. The van der Waals surface area contributed by atoms with Gasteiger partial charge in [-0.3, -0.25) is 4.90 Å². The Labute approximate surface area is 158 Å². The first kappa shape index (κ1) is 18.7. The number of hydrogen-bond donors (Lipinski definition) is 0. The summed E-state index contributed by atoms with van der Waals surface area (Å²) in [5, 5.41) is 0. The highest BCUT2D eigenvalue weighted by molar-refractivity contribution is 5.31. The zero-order valence-electron chi connectivity index (χ0n) is 16.6. The summed E-state index contributed by atoms with van der Waals surface area (Å²) in [5.41, 5.74) is 7.37. The lowest BCUT2D eigenvalue weighted by Gasteiger charge is -2.38. The van der Waals surface area contributed by atoms with Gasteiger partial charge in [0.05, 0.1) is 7.11 Å². The predicted molar refractivity (Wildman–Crippen MR) is 110 cm³/mol. The molecule has 3 rings (SSSR count). The van der Waals surface area contributed by atoms with Crippen LogP contribution >= 0.6 is 0 Å². The Hall–Kier alpha value is -2.06. The Morgan fingerprint density at radius 2 is 1.73 bits per heavy atom. The van der Waals surface area contributed by atoms with E-state index in [1.807, 2.05) is 0 Å². The van der Waals surface area contributed by atoms with Crippen LogP contribution in [0.15, 0.2) is 59.7 Å². The fourth-order valence-electron chi connectivity index (χ4n) is 3.91. The van der Waals surface area contributed by atoms with E-state index in [-0.39, 0.29) is 0 Å². The zero-order chi connectivity index (χ0) is 18.5. The summed E-state index contributed by atoms with van der Waals surface area (Å²) in [5.74, 6) is 0.928. The van der Waals surface area contributed by atoms with Crippen LogP contribution in [-0.2, 0) is 12.8 Å². The molecule has 26 heavy (non-hydrogen) atoms. The molecule has 0 N–H and O–H groups in total. The van der Waals surface area contributed by atoms with E-state index in [1.54, 1.807) is 18.3 Å². The van der Waals surface area contributed by atoms with E-state index in [1.165, 1.54) is 23.1 Å². The minimum absolute atomic E-state index is 0.501. The van der Waals surface area contributed by atoms with E-state index in [4.69, 9.17) is 4.74 Å². The van der Waals surface area contributed by atoms with Gasteiger partial charge in [0, 0.05) is 19.1 Å². The Kier molecular flexibility index (Phi) is 6.16. The molecule has 0 radical (unpaired) electrons. The van der Waals surface area contributed by atoms with Crippen LogP contribution in [0.5, 0.6) is 5.75 Å². The quantitative estimate of drug-likeness (QED) is 0.665. The van der Waals surface area contributed by atoms with Gasteiger partial charge in [-0.25, -0.2) is 0 Å². The third-order valence-electron chi connectivity index (χ3n) is 5.91. The average Bonchev–Trinajstić information content (AvgIpc) is 2.66. The normalized spacial score (nSPS) is 18.2. The Balaban J connectivity index is 1.73. The smallest absolute Gasteiger partial charge is 0.118 e. The fourth-order valence-corrected chi connectivity index (χ4v) is 3.91. The molecule has 2 aromatic carbocycles. The summed E-state index contributed by atoms with van der Waals surface area (Å²) in [6.07, 6.45) is 3.39. The van der Waals surface area contributed by atoms with Crippen molar-refractivity contribution in [2.24, 2.45) is 0 Å². The number of aryl methyl sites for hydroxylation is 1. The molecule has 0 spiro atoms. The van der Waals surface area contributed by atoms with Crippen LogP contribution in [0.3, 0.4) is 0 Å². The molecular formula is C24H31NO. The second-order valence-electron chi connectivity index (χ2n) is 7.49.